The summed E-state index contributed by atoms with van der Waals surface area (Å²) in [6.07, 6.45) is 0.769. The molecule has 1 aromatic rings. The maximum Gasteiger partial charge on any atom is 0.242 e. The van der Waals surface area contributed by atoms with Crippen molar-refractivity contribution < 1.29 is 8.42 Å². The predicted octanol–water partition coefficient (Wildman–Crippen LogP) is 1.66. The second kappa shape index (κ2) is 5.40. The Morgan fingerprint density at radius 2 is 2.27 bits per heavy atom. The zero-order valence-corrected chi connectivity index (χ0v) is 11.5. The first-order valence-electron chi connectivity index (χ1n) is 4.49. The van der Waals surface area contributed by atoms with Gasteiger partial charge in [-0.15, -0.1) is 11.3 Å². The summed E-state index contributed by atoms with van der Waals surface area (Å²) in [7, 11) is -3.38. The fourth-order valence-electron chi connectivity index (χ4n) is 0.996. The van der Waals surface area contributed by atoms with Crippen molar-refractivity contribution in [1.29, 1.82) is 0 Å². The molecule has 0 saturated carbocycles. The van der Waals surface area contributed by atoms with Crippen LogP contribution in [0.4, 0.5) is 0 Å². The SMILES string of the molecule is CCCNS(=O)(=O)c1cc(CN)sc1Br. The number of halogens is 1. The molecule has 86 valence electrons. The van der Waals surface area contributed by atoms with Crippen LogP contribution >= 0.6 is 27.3 Å². The van der Waals surface area contributed by atoms with Crippen molar-refractivity contribution in [1.82, 2.24) is 4.72 Å². The minimum Gasteiger partial charge on any atom is -0.326 e. The van der Waals surface area contributed by atoms with Gasteiger partial charge in [-0.1, -0.05) is 6.92 Å². The lowest BCUT2D eigenvalue weighted by Gasteiger charge is -2.03. The van der Waals surface area contributed by atoms with Crippen LogP contribution in [-0.4, -0.2) is 15.0 Å². The summed E-state index contributed by atoms with van der Waals surface area (Å²) in [5, 5.41) is 0. The highest BCUT2D eigenvalue weighted by molar-refractivity contribution is 9.11. The summed E-state index contributed by atoms with van der Waals surface area (Å²) in [6, 6.07) is 1.60. The fraction of sp³-hybridized carbons (Fsp3) is 0.500. The van der Waals surface area contributed by atoms with E-state index < -0.39 is 10.0 Å². The molecular weight excluding hydrogens is 300 g/mol. The van der Waals surface area contributed by atoms with Crippen LogP contribution in [0.25, 0.3) is 0 Å². The Kier molecular flexibility index (Phi) is 4.72. The fourth-order valence-corrected chi connectivity index (χ4v) is 4.69. The van der Waals surface area contributed by atoms with Crippen LogP contribution in [0.15, 0.2) is 14.7 Å². The molecule has 0 aliphatic heterocycles. The van der Waals surface area contributed by atoms with E-state index >= 15 is 0 Å². The molecule has 0 bridgehead atoms. The smallest absolute Gasteiger partial charge is 0.242 e. The lowest BCUT2D eigenvalue weighted by Crippen LogP contribution is -2.24. The monoisotopic (exact) mass is 312 g/mol. The lowest BCUT2D eigenvalue weighted by molar-refractivity contribution is 0.580. The van der Waals surface area contributed by atoms with E-state index in [2.05, 4.69) is 20.7 Å². The van der Waals surface area contributed by atoms with Gasteiger partial charge in [0.15, 0.2) is 0 Å². The normalized spacial score (nSPS) is 11.9. The lowest BCUT2D eigenvalue weighted by atomic mass is 10.5. The average molecular weight is 313 g/mol. The summed E-state index contributed by atoms with van der Waals surface area (Å²) in [6.45, 7) is 2.71. The van der Waals surface area contributed by atoms with Crippen molar-refractivity contribution in [2.24, 2.45) is 5.73 Å². The van der Waals surface area contributed by atoms with Crippen molar-refractivity contribution in [2.75, 3.05) is 6.54 Å². The molecule has 0 aromatic carbocycles. The van der Waals surface area contributed by atoms with Gasteiger partial charge in [-0.25, -0.2) is 13.1 Å². The van der Waals surface area contributed by atoms with E-state index in [0.29, 0.717) is 16.9 Å². The summed E-state index contributed by atoms with van der Waals surface area (Å²) in [5.41, 5.74) is 5.45. The Morgan fingerprint density at radius 1 is 1.60 bits per heavy atom. The first kappa shape index (κ1) is 13.1. The molecule has 0 aliphatic rings. The van der Waals surface area contributed by atoms with Crippen LogP contribution in [0.2, 0.25) is 0 Å². The highest BCUT2D eigenvalue weighted by Crippen LogP contribution is 2.31. The molecular formula is C8H13BrN2O2S2. The van der Waals surface area contributed by atoms with E-state index in [1.807, 2.05) is 6.92 Å². The minimum atomic E-state index is -3.38. The van der Waals surface area contributed by atoms with Crippen LogP contribution in [0, 0.1) is 0 Å². The molecule has 0 amide bonds. The number of thiophene rings is 1. The van der Waals surface area contributed by atoms with Gasteiger partial charge in [-0.05, 0) is 28.4 Å². The number of hydrogen-bond acceptors (Lipinski definition) is 4. The minimum absolute atomic E-state index is 0.279. The maximum atomic E-state index is 11.8. The predicted molar refractivity (Wildman–Crippen MR) is 65.4 cm³/mol. The van der Waals surface area contributed by atoms with Crippen molar-refractivity contribution >= 4 is 37.3 Å². The largest absolute Gasteiger partial charge is 0.326 e. The van der Waals surface area contributed by atoms with Crippen molar-refractivity contribution in [3.05, 3.63) is 14.7 Å². The average Bonchev–Trinajstić information content (AvgIpc) is 2.57. The van der Waals surface area contributed by atoms with Crippen molar-refractivity contribution in [3.8, 4) is 0 Å². The molecule has 1 aromatic heterocycles. The standard InChI is InChI=1S/C8H13BrN2O2S2/c1-2-3-11-15(12,13)7-4-6(5-10)14-8(7)9/h4,11H,2-3,5,10H2,1H3. The second-order valence-corrected chi connectivity index (χ2v) is 7.14. The van der Waals surface area contributed by atoms with E-state index in [1.165, 1.54) is 11.3 Å². The topological polar surface area (TPSA) is 72.2 Å². The summed E-state index contributed by atoms with van der Waals surface area (Å²) in [5.74, 6) is 0. The van der Waals surface area contributed by atoms with E-state index in [-0.39, 0.29) is 4.90 Å². The molecule has 0 spiro atoms. The van der Waals surface area contributed by atoms with Gasteiger partial charge < -0.3 is 5.73 Å². The first-order chi connectivity index (χ1) is 7.01. The summed E-state index contributed by atoms with van der Waals surface area (Å²) >= 11 is 4.58. The Labute approximate surface area is 102 Å². The molecule has 3 N–H and O–H groups in total. The zero-order valence-electron chi connectivity index (χ0n) is 8.29. The number of hydrogen-bond donors (Lipinski definition) is 2. The van der Waals surface area contributed by atoms with Gasteiger partial charge in [0.1, 0.15) is 4.90 Å². The molecule has 4 nitrogen and oxygen atoms in total. The van der Waals surface area contributed by atoms with Gasteiger partial charge in [0.05, 0.1) is 3.79 Å². The summed E-state index contributed by atoms with van der Waals surface area (Å²) in [4.78, 5) is 1.13. The quantitative estimate of drug-likeness (QED) is 0.868. The Bertz CT molecular complexity index is 428. The summed E-state index contributed by atoms with van der Waals surface area (Å²) < 4.78 is 26.6. The van der Waals surface area contributed by atoms with Crippen LogP contribution in [-0.2, 0) is 16.6 Å². The third-order valence-electron chi connectivity index (χ3n) is 1.74. The van der Waals surface area contributed by atoms with Crippen molar-refractivity contribution in [2.45, 2.75) is 24.8 Å². The molecule has 1 rings (SSSR count). The highest BCUT2D eigenvalue weighted by atomic mass is 79.9. The van der Waals surface area contributed by atoms with Crippen LogP contribution in [0.1, 0.15) is 18.2 Å². The molecule has 0 fully saturated rings. The van der Waals surface area contributed by atoms with Crippen LogP contribution in [0.5, 0.6) is 0 Å². The van der Waals surface area contributed by atoms with Gasteiger partial charge in [0.25, 0.3) is 0 Å². The van der Waals surface area contributed by atoms with E-state index in [9.17, 15) is 8.42 Å². The molecule has 7 heteroatoms. The maximum absolute atomic E-state index is 11.8. The molecule has 0 radical (unpaired) electrons. The number of nitrogens with one attached hydrogen (secondary N) is 1. The third-order valence-corrected chi connectivity index (χ3v) is 5.47. The Hall–Kier alpha value is 0.0500. The second-order valence-electron chi connectivity index (χ2n) is 2.95. The van der Waals surface area contributed by atoms with Crippen LogP contribution in [0.3, 0.4) is 0 Å². The number of rotatable bonds is 5. The molecule has 15 heavy (non-hydrogen) atoms. The van der Waals surface area contributed by atoms with Gasteiger partial charge in [0, 0.05) is 18.0 Å². The van der Waals surface area contributed by atoms with Gasteiger partial charge in [-0.3, -0.25) is 0 Å². The molecule has 0 unspecified atom stereocenters. The molecule has 0 atom stereocenters. The molecule has 0 saturated heterocycles. The molecule has 1 heterocycles. The van der Waals surface area contributed by atoms with Crippen molar-refractivity contribution in [3.63, 3.8) is 0 Å². The zero-order chi connectivity index (χ0) is 11.5. The molecule has 0 aliphatic carbocycles. The Morgan fingerprint density at radius 3 is 2.73 bits per heavy atom. The highest BCUT2D eigenvalue weighted by Gasteiger charge is 2.19. The first-order valence-corrected chi connectivity index (χ1v) is 7.58. The van der Waals surface area contributed by atoms with E-state index in [0.717, 1.165) is 11.3 Å². The number of nitrogens with two attached hydrogens (primary N) is 1. The van der Waals surface area contributed by atoms with E-state index in [4.69, 9.17) is 5.73 Å². The van der Waals surface area contributed by atoms with E-state index in [1.54, 1.807) is 6.07 Å². The van der Waals surface area contributed by atoms with Gasteiger partial charge in [-0.2, -0.15) is 0 Å². The number of sulfonamides is 1. The van der Waals surface area contributed by atoms with Gasteiger partial charge in [0.2, 0.25) is 10.0 Å². The third kappa shape index (κ3) is 3.25. The van der Waals surface area contributed by atoms with Gasteiger partial charge >= 0.3 is 0 Å². The van der Waals surface area contributed by atoms with Crippen LogP contribution < -0.4 is 10.5 Å². The Balaban J connectivity index is 2.99.